The molecule has 0 bridgehead atoms. The van der Waals surface area contributed by atoms with Crippen LogP contribution >= 0.6 is 11.6 Å². The molecular weight excluding hydrogens is 262 g/mol. The average molecular weight is 282 g/mol. The Morgan fingerprint density at radius 3 is 2.79 bits per heavy atom. The van der Waals surface area contributed by atoms with Gasteiger partial charge >= 0.3 is 0 Å². The van der Waals surface area contributed by atoms with Gasteiger partial charge in [-0.3, -0.25) is 9.69 Å². The molecule has 104 valence electrons. The zero-order valence-electron chi connectivity index (χ0n) is 11.3. The van der Waals surface area contributed by atoms with Crippen LogP contribution in [0.5, 0.6) is 0 Å². The zero-order chi connectivity index (χ0) is 13.7. The van der Waals surface area contributed by atoms with Crippen LogP contribution in [-0.2, 0) is 4.74 Å². The first-order valence-corrected chi connectivity index (χ1v) is 7.08. The fourth-order valence-corrected chi connectivity index (χ4v) is 2.55. The first-order chi connectivity index (χ1) is 9.15. The third kappa shape index (κ3) is 4.60. The van der Waals surface area contributed by atoms with Gasteiger partial charge in [-0.15, -0.1) is 0 Å². The van der Waals surface area contributed by atoms with Crippen LogP contribution in [-0.4, -0.2) is 44.0 Å². The largest absolute Gasteiger partial charge is 0.381 e. The molecular formula is C15H20ClNO2. The average Bonchev–Trinajstić information content (AvgIpc) is 2.40. The SMILES string of the molecule is CN(CC(=O)c1ccc(Cl)cc1)CC1CCCOC1. The lowest BCUT2D eigenvalue weighted by Gasteiger charge is -2.26. The van der Waals surface area contributed by atoms with Gasteiger partial charge in [0.2, 0.25) is 0 Å². The van der Waals surface area contributed by atoms with E-state index in [1.54, 1.807) is 24.3 Å². The fourth-order valence-electron chi connectivity index (χ4n) is 2.43. The van der Waals surface area contributed by atoms with Crippen LogP contribution < -0.4 is 0 Å². The smallest absolute Gasteiger partial charge is 0.176 e. The van der Waals surface area contributed by atoms with Gasteiger partial charge in [0.15, 0.2) is 5.78 Å². The quantitative estimate of drug-likeness (QED) is 0.777. The molecule has 19 heavy (non-hydrogen) atoms. The molecule has 1 aliphatic heterocycles. The number of rotatable bonds is 5. The topological polar surface area (TPSA) is 29.5 Å². The second kappa shape index (κ2) is 7.04. The number of halogens is 1. The van der Waals surface area contributed by atoms with E-state index in [0.717, 1.165) is 31.7 Å². The van der Waals surface area contributed by atoms with Crippen molar-refractivity contribution in [2.75, 3.05) is 33.4 Å². The highest BCUT2D eigenvalue weighted by atomic mass is 35.5. The summed E-state index contributed by atoms with van der Waals surface area (Å²) < 4.78 is 5.46. The zero-order valence-corrected chi connectivity index (χ0v) is 12.0. The van der Waals surface area contributed by atoms with Crippen LogP contribution in [0.15, 0.2) is 24.3 Å². The highest BCUT2D eigenvalue weighted by Gasteiger charge is 2.17. The van der Waals surface area contributed by atoms with Crippen molar-refractivity contribution in [3.05, 3.63) is 34.9 Å². The second-order valence-electron chi connectivity index (χ2n) is 5.21. The molecule has 1 aliphatic rings. The molecule has 1 unspecified atom stereocenters. The van der Waals surface area contributed by atoms with E-state index < -0.39 is 0 Å². The summed E-state index contributed by atoms with van der Waals surface area (Å²) in [6.07, 6.45) is 2.32. The maximum atomic E-state index is 12.1. The Morgan fingerprint density at radius 1 is 1.42 bits per heavy atom. The van der Waals surface area contributed by atoms with E-state index in [-0.39, 0.29) is 5.78 Å². The summed E-state index contributed by atoms with van der Waals surface area (Å²) in [6.45, 7) is 3.06. The molecule has 2 rings (SSSR count). The van der Waals surface area contributed by atoms with Crippen molar-refractivity contribution in [1.29, 1.82) is 0 Å². The number of ether oxygens (including phenoxy) is 1. The monoisotopic (exact) mass is 281 g/mol. The number of hydrogen-bond acceptors (Lipinski definition) is 3. The van der Waals surface area contributed by atoms with Gasteiger partial charge in [0.05, 0.1) is 13.2 Å². The number of carbonyl (C=O) groups excluding carboxylic acids is 1. The van der Waals surface area contributed by atoms with Gasteiger partial charge < -0.3 is 4.74 Å². The Bertz CT molecular complexity index is 413. The minimum Gasteiger partial charge on any atom is -0.381 e. The number of benzene rings is 1. The molecule has 0 radical (unpaired) electrons. The van der Waals surface area contributed by atoms with Crippen molar-refractivity contribution < 1.29 is 9.53 Å². The van der Waals surface area contributed by atoms with Crippen LogP contribution in [0.2, 0.25) is 5.02 Å². The number of nitrogens with zero attached hydrogens (tertiary/aromatic N) is 1. The molecule has 0 spiro atoms. The van der Waals surface area contributed by atoms with Gasteiger partial charge in [-0.25, -0.2) is 0 Å². The Morgan fingerprint density at radius 2 is 2.16 bits per heavy atom. The third-order valence-electron chi connectivity index (χ3n) is 3.40. The Hall–Kier alpha value is -0.900. The number of carbonyl (C=O) groups is 1. The van der Waals surface area contributed by atoms with Crippen molar-refractivity contribution in [2.24, 2.45) is 5.92 Å². The van der Waals surface area contributed by atoms with Gasteiger partial charge in [0.25, 0.3) is 0 Å². The van der Waals surface area contributed by atoms with Crippen molar-refractivity contribution >= 4 is 17.4 Å². The minimum atomic E-state index is 0.135. The van der Waals surface area contributed by atoms with Crippen LogP contribution in [0.3, 0.4) is 0 Å². The van der Waals surface area contributed by atoms with Gasteiger partial charge in [0, 0.05) is 23.7 Å². The predicted molar refractivity (Wildman–Crippen MR) is 76.8 cm³/mol. The first kappa shape index (κ1) is 14.5. The highest BCUT2D eigenvalue weighted by molar-refractivity contribution is 6.30. The molecule has 1 heterocycles. The van der Waals surface area contributed by atoms with Crippen molar-refractivity contribution in [1.82, 2.24) is 4.90 Å². The van der Waals surface area contributed by atoms with Crippen LogP contribution in [0, 0.1) is 5.92 Å². The van der Waals surface area contributed by atoms with E-state index in [1.165, 1.54) is 6.42 Å². The molecule has 1 fully saturated rings. The summed E-state index contributed by atoms with van der Waals surface area (Å²) in [4.78, 5) is 14.2. The molecule has 1 saturated heterocycles. The summed E-state index contributed by atoms with van der Waals surface area (Å²) in [5.41, 5.74) is 0.719. The predicted octanol–water partition coefficient (Wildman–Crippen LogP) is 2.88. The Kier molecular flexibility index (Phi) is 5.37. The minimum absolute atomic E-state index is 0.135. The lowest BCUT2D eigenvalue weighted by Crippen LogP contribution is -2.34. The third-order valence-corrected chi connectivity index (χ3v) is 3.66. The lowest BCUT2D eigenvalue weighted by atomic mass is 10.0. The van der Waals surface area contributed by atoms with E-state index in [4.69, 9.17) is 16.3 Å². The molecule has 0 amide bonds. The highest BCUT2D eigenvalue weighted by Crippen LogP contribution is 2.15. The molecule has 1 aromatic carbocycles. The summed E-state index contributed by atoms with van der Waals surface area (Å²) in [5.74, 6) is 0.688. The number of hydrogen-bond donors (Lipinski definition) is 0. The Labute approximate surface area is 119 Å². The summed E-state index contributed by atoms with van der Waals surface area (Å²) in [7, 11) is 1.99. The summed E-state index contributed by atoms with van der Waals surface area (Å²) in [5, 5.41) is 0.657. The molecule has 1 aromatic rings. The molecule has 0 saturated carbocycles. The van der Waals surface area contributed by atoms with Gasteiger partial charge in [0.1, 0.15) is 0 Å². The first-order valence-electron chi connectivity index (χ1n) is 6.70. The van der Waals surface area contributed by atoms with E-state index >= 15 is 0 Å². The van der Waals surface area contributed by atoms with Crippen molar-refractivity contribution in [3.8, 4) is 0 Å². The fraction of sp³-hybridized carbons (Fsp3) is 0.533. The van der Waals surface area contributed by atoms with Gasteiger partial charge in [-0.05, 0) is 50.1 Å². The van der Waals surface area contributed by atoms with Crippen molar-refractivity contribution in [3.63, 3.8) is 0 Å². The van der Waals surface area contributed by atoms with E-state index in [1.807, 2.05) is 7.05 Å². The van der Waals surface area contributed by atoms with E-state index in [2.05, 4.69) is 4.90 Å². The van der Waals surface area contributed by atoms with Crippen LogP contribution in [0.1, 0.15) is 23.2 Å². The molecule has 0 N–H and O–H groups in total. The van der Waals surface area contributed by atoms with Gasteiger partial charge in [-0.2, -0.15) is 0 Å². The molecule has 0 aromatic heterocycles. The summed E-state index contributed by atoms with van der Waals surface area (Å²) in [6, 6.07) is 7.07. The second-order valence-corrected chi connectivity index (χ2v) is 5.65. The number of ketones is 1. The van der Waals surface area contributed by atoms with Crippen LogP contribution in [0.4, 0.5) is 0 Å². The molecule has 3 nitrogen and oxygen atoms in total. The molecule has 1 atom stereocenters. The van der Waals surface area contributed by atoms with Crippen LogP contribution in [0.25, 0.3) is 0 Å². The van der Waals surface area contributed by atoms with E-state index in [9.17, 15) is 4.79 Å². The molecule has 0 aliphatic carbocycles. The Balaban J connectivity index is 1.82. The number of likely N-dealkylation sites (N-methyl/N-ethyl adjacent to an activating group) is 1. The summed E-state index contributed by atoms with van der Waals surface area (Å²) >= 11 is 5.82. The van der Waals surface area contributed by atoms with Gasteiger partial charge in [-0.1, -0.05) is 11.6 Å². The normalized spacial score (nSPS) is 19.6. The standard InChI is InChI=1S/C15H20ClNO2/c1-17(9-12-3-2-8-19-11-12)10-15(18)13-4-6-14(16)7-5-13/h4-7,12H,2-3,8-11H2,1H3. The number of Topliss-reactive ketones (excluding diaryl/α,β-unsaturated/α-hetero) is 1. The maximum absolute atomic E-state index is 12.1. The lowest BCUT2D eigenvalue weighted by molar-refractivity contribution is 0.0416. The molecule has 4 heteroatoms. The van der Waals surface area contributed by atoms with Crippen molar-refractivity contribution in [2.45, 2.75) is 12.8 Å². The van der Waals surface area contributed by atoms with E-state index in [0.29, 0.717) is 17.5 Å². The maximum Gasteiger partial charge on any atom is 0.176 e.